The summed E-state index contributed by atoms with van der Waals surface area (Å²) in [7, 11) is 1.76. The highest BCUT2D eigenvalue weighted by molar-refractivity contribution is 5.77. The van der Waals surface area contributed by atoms with E-state index in [2.05, 4.69) is 4.98 Å². The Labute approximate surface area is 102 Å². The van der Waals surface area contributed by atoms with Crippen molar-refractivity contribution >= 4 is 5.91 Å². The van der Waals surface area contributed by atoms with Crippen molar-refractivity contribution in [3.05, 3.63) is 24.0 Å². The minimum Gasteiger partial charge on any atom is -0.482 e. The molecule has 0 spiro atoms. The van der Waals surface area contributed by atoms with Crippen molar-refractivity contribution in [3.8, 4) is 5.75 Å². The Morgan fingerprint density at radius 2 is 2.24 bits per heavy atom. The molecule has 5 heteroatoms. The lowest BCUT2D eigenvalue weighted by Gasteiger charge is -2.21. The van der Waals surface area contributed by atoms with Crippen LogP contribution in [0.25, 0.3) is 0 Å². The van der Waals surface area contributed by atoms with E-state index in [-0.39, 0.29) is 18.6 Å². The van der Waals surface area contributed by atoms with Gasteiger partial charge in [0.25, 0.3) is 5.91 Å². The number of hydrogen-bond acceptors (Lipinski definition) is 4. The predicted octanol–water partition coefficient (Wildman–Crippen LogP) is 0.786. The summed E-state index contributed by atoms with van der Waals surface area (Å²) in [5.74, 6) is 0.524. The second-order valence-electron chi connectivity index (χ2n) is 4.08. The average Bonchev–Trinajstić information content (AvgIpc) is 2.35. The molecule has 5 nitrogen and oxygen atoms in total. The Bertz CT molecular complexity index is 363. The second kappa shape index (κ2) is 6.20. The predicted molar refractivity (Wildman–Crippen MR) is 65.5 cm³/mol. The number of aromatic nitrogens is 1. The van der Waals surface area contributed by atoms with Crippen molar-refractivity contribution < 1.29 is 9.53 Å². The zero-order valence-electron chi connectivity index (χ0n) is 10.5. The van der Waals surface area contributed by atoms with Gasteiger partial charge < -0.3 is 15.4 Å². The van der Waals surface area contributed by atoms with Gasteiger partial charge in [-0.25, -0.2) is 0 Å². The maximum atomic E-state index is 11.6. The first-order valence-electron chi connectivity index (χ1n) is 5.58. The van der Waals surface area contributed by atoms with Crippen molar-refractivity contribution in [3.63, 3.8) is 0 Å². The largest absolute Gasteiger partial charge is 0.482 e. The van der Waals surface area contributed by atoms with Gasteiger partial charge in [0.15, 0.2) is 6.61 Å². The molecule has 1 aromatic heterocycles. The summed E-state index contributed by atoms with van der Waals surface area (Å²) in [6, 6.07) is 3.72. The highest BCUT2D eigenvalue weighted by atomic mass is 16.5. The summed E-state index contributed by atoms with van der Waals surface area (Å²) in [4.78, 5) is 17.4. The zero-order chi connectivity index (χ0) is 12.8. The van der Waals surface area contributed by atoms with Gasteiger partial charge in [0, 0.05) is 19.6 Å². The first-order chi connectivity index (χ1) is 8.04. The van der Waals surface area contributed by atoms with Gasteiger partial charge in [-0.3, -0.25) is 9.78 Å². The number of hydrogen-bond donors (Lipinski definition) is 1. The maximum Gasteiger partial charge on any atom is 0.260 e. The van der Waals surface area contributed by atoms with Crippen molar-refractivity contribution in [2.24, 2.45) is 5.73 Å². The van der Waals surface area contributed by atoms with Crippen LogP contribution in [0.15, 0.2) is 18.3 Å². The highest BCUT2D eigenvalue weighted by Gasteiger charge is 2.12. The molecule has 0 atom stereocenters. The van der Waals surface area contributed by atoms with Gasteiger partial charge in [0.05, 0.1) is 11.9 Å². The molecule has 0 saturated heterocycles. The molecule has 0 aliphatic heterocycles. The van der Waals surface area contributed by atoms with Gasteiger partial charge in [-0.2, -0.15) is 0 Å². The lowest BCUT2D eigenvalue weighted by atomic mass is 10.3. The zero-order valence-corrected chi connectivity index (χ0v) is 10.5. The molecule has 1 heterocycles. The number of rotatable bonds is 5. The fourth-order valence-electron chi connectivity index (χ4n) is 1.15. The smallest absolute Gasteiger partial charge is 0.260 e. The maximum absolute atomic E-state index is 11.6. The summed E-state index contributed by atoms with van der Waals surface area (Å²) in [6.45, 7) is 4.33. The third-order valence-electron chi connectivity index (χ3n) is 2.54. The van der Waals surface area contributed by atoms with Gasteiger partial charge in [-0.1, -0.05) is 0 Å². The summed E-state index contributed by atoms with van der Waals surface area (Å²) >= 11 is 0. The van der Waals surface area contributed by atoms with E-state index in [0.29, 0.717) is 12.3 Å². The van der Waals surface area contributed by atoms with E-state index in [4.69, 9.17) is 10.5 Å². The Kier molecular flexibility index (Phi) is 4.90. The van der Waals surface area contributed by atoms with Crippen molar-refractivity contribution in [2.75, 3.05) is 13.7 Å². The standard InChI is InChI=1S/C12H19N3O2/c1-9(2)15(3)12(16)8-17-11-5-4-10(6-13)14-7-11/h4-5,7,9H,6,8,13H2,1-3H3. The van der Waals surface area contributed by atoms with Crippen LogP contribution >= 0.6 is 0 Å². The molecule has 2 N–H and O–H groups in total. The molecule has 0 saturated carbocycles. The molecule has 0 radical (unpaired) electrons. The normalized spacial score (nSPS) is 10.4. The van der Waals surface area contributed by atoms with Crippen LogP contribution < -0.4 is 10.5 Å². The van der Waals surface area contributed by atoms with E-state index in [1.165, 1.54) is 0 Å². The monoisotopic (exact) mass is 237 g/mol. The van der Waals surface area contributed by atoms with Crippen LogP contribution in [-0.4, -0.2) is 35.5 Å². The van der Waals surface area contributed by atoms with Gasteiger partial charge in [0.2, 0.25) is 0 Å². The molecule has 1 aromatic rings. The topological polar surface area (TPSA) is 68.5 Å². The molecular weight excluding hydrogens is 218 g/mol. The Morgan fingerprint density at radius 3 is 2.71 bits per heavy atom. The lowest BCUT2D eigenvalue weighted by molar-refractivity contribution is -0.133. The number of ether oxygens (including phenoxy) is 1. The van der Waals surface area contributed by atoms with Crippen LogP contribution in [-0.2, 0) is 11.3 Å². The highest BCUT2D eigenvalue weighted by Crippen LogP contribution is 2.09. The molecule has 0 unspecified atom stereocenters. The number of nitrogens with zero attached hydrogens (tertiary/aromatic N) is 2. The average molecular weight is 237 g/mol. The van der Waals surface area contributed by atoms with E-state index in [1.807, 2.05) is 13.8 Å². The number of carbonyl (C=O) groups excluding carboxylic acids is 1. The summed E-state index contributed by atoms with van der Waals surface area (Å²) in [6.07, 6.45) is 1.57. The number of pyridine rings is 1. The van der Waals surface area contributed by atoms with Crippen LogP contribution in [0, 0.1) is 0 Å². The molecule has 1 amide bonds. The van der Waals surface area contributed by atoms with Gasteiger partial charge >= 0.3 is 0 Å². The molecule has 0 aromatic carbocycles. The Hall–Kier alpha value is -1.62. The molecule has 0 aliphatic carbocycles. The first kappa shape index (κ1) is 13.4. The van der Waals surface area contributed by atoms with Crippen LogP contribution in [0.1, 0.15) is 19.5 Å². The van der Waals surface area contributed by atoms with E-state index in [9.17, 15) is 4.79 Å². The van der Waals surface area contributed by atoms with Crippen LogP contribution in [0.5, 0.6) is 5.75 Å². The molecule has 0 aliphatic rings. The summed E-state index contributed by atoms with van der Waals surface area (Å²) in [5.41, 5.74) is 6.23. The van der Waals surface area contributed by atoms with Crippen molar-refractivity contribution in [1.29, 1.82) is 0 Å². The molecule has 1 rings (SSSR count). The lowest BCUT2D eigenvalue weighted by Crippen LogP contribution is -2.36. The van der Waals surface area contributed by atoms with Gasteiger partial charge in [0.1, 0.15) is 5.75 Å². The number of likely N-dealkylation sites (N-methyl/N-ethyl adjacent to an activating group) is 1. The fourth-order valence-corrected chi connectivity index (χ4v) is 1.15. The number of nitrogens with two attached hydrogens (primary N) is 1. The van der Waals surface area contributed by atoms with Crippen LogP contribution in [0.2, 0.25) is 0 Å². The van der Waals surface area contributed by atoms with E-state index < -0.39 is 0 Å². The SMILES string of the molecule is CC(C)N(C)C(=O)COc1ccc(CN)nc1. The van der Waals surface area contributed by atoms with Crippen LogP contribution in [0.3, 0.4) is 0 Å². The fraction of sp³-hybridized carbons (Fsp3) is 0.500. The van der Waals surface area contributed by atoms with E-state index >= 15 is 0 Å². The summed E-state index contributed by atoms with van der Waals surface area (Å²) < 4.78 is 5.34. The Morgan fingerprint density at radius 1 is 1.53 bits per heavy atom. The molecule has 94 valence electrons. The number of amides is 1. The van der Waals surface area contributed by atoms with Crippen LogP contribution in [0.4, 0.5) is 0 Å². The molecule has 0 fully saturated rings. The van der Waals surface area contributed by atoms with Crippen molar-refractivity contribution in [1.82, 2.24) is 9.88 Å². The quantitative estimate of drug-likeness (QED) is 0.822. The second-order valence-corrected chi connectivity index (χ2v) is 4.08. The Balaban J connectivity index is 2.47. The molecule has 0 bridgehead atoms. The molecular formula is C12H19N3O2. The third-order valence-corrected chi connectivity index (χ3v) is 2.54. The number of carbonyl (C=O) groups is 1. The van der Waals surface area contributed by atoms with Crippen molar-refractivity contribution in [2.45, 2.75) is 26.4 Å². The van der Waals surface area contributed by atoms with Gasteiger partial charge in [-0.05, 0) is 26.0 Å². The van der Waals surface area contributed by atoms with E-state index in [1.54, 1.807) is 30.3 Å². The summed E-state index contributed by atoms with van der Waals surface area (Å²) in [5, 5.41) is 0. The molecule has 17 heavy (non-hydrogen) atoms. The van der Waals surface area contributed by atoms with E-state index in [0.717, 1.165) is 5.69 Å². The van der Waals surface area contributed by atoms with Gasteiger partial charge in [-0.15, -0.1) is 0 Å². The minimum absolute atomic E-state index is 0.0261. The minimum atomic E-state index is -0.0529. The third kappa shape index (κ3) is 4.03. The first-order valence-corrected chi connectivity index (χ1v) is 5.58.